The monoisotopic (exact) mass is 436 g/mol. The summed E-state index contributed by atoms with van der Waals surface area (Å²) in [7, 11) is 2.19. The van der Waals surface area contributed by atoms with Crippen LogP contribution in [0.5, 0.6) is 0 Å². The normalized spacial score (nSPS) is 19.9. The Balaban J connectivity index is 1.32. The van der Waals surface area contributed by atoms with Crippen molar-refractivity contribution < 1.29 is 0 Å². The Hall–Kier alpha value is -3.91. The number of hydrogen-bond donors (Lipinski definition) is 3. The quantitative estimate of drug-likeness (QED) is 0.427. The highest BCUT2D eigenvalue weighted by atomic mass is 15.3. The van der Waals surface area contributed by atoms with Crippen LogP contribution in [0.15, 0.2) is 60.6 Å². The molecule has 3 aliphatic rings. The van der Waals surface area contributed by atoms with Gasteiger partial charge in [-0.2, -0.15) is 5.10 Å². The summed E-state index contributed by atoms with van der Waals surface area (Å²) in [5.41, 5.74) is 10.6. The molecule has 0 amide bonds. The molecule has 0 aromatic carbocycles. The van der Waals surface area contributed by atoms with Gasteiger partial charge in [0.05, 0.1) is 22.6 Å². The number of fused-ring (bicyclic) bond motifs is 4. The summed E-state index contributed by atoms with van der Waals surface area (Å²) < 4.78 is 0. The minimum absolute atomic E-state index is 0.250. The molecule has 0 spiro atoms. The number of nitrogens with one attached hydrogen (secondary N) is 3. The molecule has 1 aliphatic carbocycles. The largest absolute Gasteiger partial charge is 0.373 e. The van der Waals surface area contributed by atoms with Crippen LogP contribution in [0.25, 0.3) is 39.4 Å². The number of aromatic amines is 2. The summed E-state index contributed by atoms with van der Waals surface area (Å²) in [5, 5.41) is 11.3. The lowest BCUT2D eigenvalue weighted by Crippen LogP contribution is -2.43. The molecular weight excluding hydrogens is 412 g/mol. The van der Waals surface area contributed by atoms with Crippen LogP contribution < -0.4 is 5.32 Å². The van der Waals surface area contributed by atoms with Crippen LogP contribution in [-0.4, -0.2) is 68.2 Å². The van der Waals surface area contributed by atoms with Crippen LogP contribution in [0.4, 0.5) is 0 Å². The number of likely N-dealkylation sites (N-methyl/N-ethyl adjacent to an activating group) is 1. The number of pyridine rings is 2. The van der Waals surface area contributed by atoms with Crippen molar-refractivity contribution in [2.75, 3.05) is 33.2 Å². The zero-order valence-corrected chi connectivity index (χ0v) is 18.3. The third-order valence-electron chi connectivity index (χ3n) is 6.86. The Morgan fingerprint density at radius 1 is 1.00 bits per heavy atom. The Labute approximate surface area is 191 Å². The molecule has 164 valence electrons. The molecular formula is C25H24N8. The van der Waals surface area contributed by atoms with E-state index >= 15 is 0 Å². The molecule has 0 radical (unpaired) electrons. The smallest absolute Gasteiger partial charge is 0.135 e. The maximum Gasteiger partial charge on any atom is 0.135 e. The summed E-state index contributed by atoms with van der Waals surface area (Å²) in [6, 6.07) is 10.5. The van der Waals surface area contributed by atoms with Gasteiger partial charge in [-0.1, -0.05) is 0 Å². The summed E-state index contributed by atoms with van der Waals surface area (Å²) in [6.45, 7) is 4.22. The standard InChI is InChI=1S/C25H24N8/c1-32-10-12-33(13-11-32)21-5-4-18-23(28-18)22-16(21)14-20(29-22)25-24-19(30-31-25)3-2-17(27-24)15-6-8-26-9-7-15/h2-9,14,23,28-29H,10-13H2,1H3,(H,30,31). The van der Waals surface area contributed by atoms with Gasteiger partial charge in [0.2, 0.25) is 0 Å². The third-order valence-corrected chi connectivity index (χ3v) is 6.86. The molecule has 8 heteroatoms. The molecule has 4 aromatic heterocycles. The summed E-state index contributed by atoms with van der Waals surface area (Å²) in [6.07, 6.45) is 8.07. The van der Waals surface area contributed by atoms with Crippen molar-refractivity contribution in [1.82, 2.24) is 40.3 Å². The second-order valence-corrected chi connectivity index (χ2v) is 8.95. The Kier molecular flexibility index (Phi) is 3.98. The van der Waals surface area contributed by atoms with Crippen molar-refractivity contribution >= 4 is 16.7 Å². The first kappa shape index (κ1) is 18.6. The van der Waals surface area contributed by atoms with Crippen molar-refractivity contribution in [2.45, 2.75) is 6.04 Å². The average molecular weight is 437 g/mol. The van der Waals surface area contributed by atoms with Gasteiger partial charge >= 0.3 is 0 Å². The van der Waals surface area contributed by atoms with Crippen LogP contribution in [0.2, 0.25) is 0 Å². The number of aromatic nitrogens is 5. The van der Waals surface area contributed by atoms with Gasteiger partial charge in [0.15, 0.2) is 0 Å². The molecule has 2 saturated heterocycles. The van der Waals surface area contributed by atoms with Crippen molar-refractivity contribution in [1.29, 1.82) is 0 Å². The van der Waals surface area contributed by atoms with Crippen LogP contribution in [-0.2, 0) is 0 Å². The lowest BCUT2D eigenvalue weighted by atomic mass is 10.1. The molecule has 8 nitrogen and oxygen atoms in total. The van der Waals surface area contributed by atoms with Gasteiger partial charge in [-0.25, -0.2) is 4.98 Å². The van der Waals surface area contributed by atoms with E-state index in [4.69, 9.17) is 4.98 Å². The minimum atomic E-state index is 0.250. The molecule has 1 unspecified atom stereocenters. The molecule has 0 saturated carbocycles. The first-order chi connectivity index (χ1) is 16.2. The number of nitrogens with zero attached hydrogens (tertiary/aromatic N) is 5. The second-order valence-electron chi connectivity index (χ2n) is 8.95. The summed E-state index contributed by atoms with van der Waals surface area (Å²) >= 11 is 0. The van der Waals surface area contributed by atoms with Crippen molar-refractivity contribution in [3.05, 3.63) is 71.8 Å². The summed E-state index contributed by atoms with van der Waals surface area (Å²) in [5.74, 6) is 0. The van der Waals surface area contributed by atoms with E-state index in [0.29, 0.717) is 0 Å². The van der Waals surface area contributed by atoms with E-state index in [1.54, 1.807) is 12.4 Å². The highest BCUT2D eigenvalue weighted by Gasteiger charge is 2.37. The van der Waals surface area contributed by atoms with E-state index in [9.17, 15) is 0 Å². The molecule has 3 N–H and O–H groups in total. The van der Waals surface area contributed by atoms with E-state index in [1.165, 1.54) is 22.7 Å². The van der Waals surface area contributed by atoms with Crippen LogP contribution in [0.3, 0.4) is 0 Å². The summed E-state index contributed by atoms with van der Waals surface area (Å²) in [4.78, 5) is 17.6. The number of hydrogen-bond acceptors (Lipinski definition) is 6. The number of H-pyrrole nitrogens is 2. The van der Waals surface area contributed by atoms with Gasteiger partial charge in [0.25, 0.3) is 0 Å². The van der Waals surface area contributed by atoms with Gasteiger partial charge in [-0.05, 0) is 49.5 Å². The van der Waals surface area contributed by atoms with E-state index < -0.39 is 0 Å². The van der Waals surface area contributed by atoms with Crippen LogP contribution >= 0.6 is 0 Å². The van der Waals surface area contributed by atoms with Crippen LogP contribution in [0.1, 0.15) is 17.3 Å². The third kappa shape index (κ3) is 3.06. The fraction of sp³-hybridized carbons (Fsp3) is 0.240. The van der Waals surface area contributed by atoms with Crippen molar-refractivity contribution in [2.24, 2.45) is 0 Å². The average Bonchev–Trinajstić information content (AvgIpc) is 3.34. The van der Waals surface area contributed by atoms with E-state index in [2.05, 4.69) is 60.5 Å². The van der Waals surface area contributed by atoms with E-state index in [-0.39, 0.29) is 6.04 Å². The molecule has 0 bridgehead atoms. The molecule has 2 fully saturated rings. The molecule has 6 heterocycles. The lowest BCUT2D eigenvalue weighted by Gasteiger charge is -2.35. The first-order valence-electron chi connectivity index (χ1n) is 11.4. The fourth-order valence-corrected chi connectivity index (χ4v) is 4.89. The zero-order valence-electron chi connectivity index (χ0n) is 18.3. The second kappa shape index (κ2) is 7.05. The number of rotatable bonds is 3. The fourth-order valence-electron chi connectivity index (χ4n) is 4.89. The SMILES string of the molecule is CN1CCN(C2=CC=C3NC3c3[nH]c(-c4n[nH]c5ccc(-c6ccncc6)nc45)cc32)CC1. The number of allylic oxidation sites excluding steroid dienone is 2. The van der Waals surface area contributed by atoms with Gasteiger partial charge in [-0.3, -0.25) is 10.1 Å². The topological polar surface area (TPSA) is 98.7 Å². The molecule has 1 atom stereocenters. The van der Waals surface area contributed by atoms with E-state index in [0.717, 1.165) is 59.9 Å². The molecule has 4 aromatic rings. The molecule has 7 rings (SSSR count). The van der Waals surface area contributed by atoms with Gasteiger partial charge in [0.1, 0.15) is 17.3 Å². The highest BCUT2D eigenvalue weighted by Crippen LogP contribution is 2.43. The Morgan fingerprint density at radius 3 is 2.70 bits per heavy atom. The maximum atomic E-state index is 4.95. The maximum absolute atomic E-state index is 4.95. The highest BCUT2D eigenvalue weighted by molar-refractivity contribution is 5.91. The van der Waals surface area contributed by atoms with Crippen molar-refractivity contribution in [3.8, 4) is 22.6 Å². The first-order valence-corrected chi connectivity index (χ1v) is 11.4. The zero-order chi connectivity index (χ0) is 21.9. The molecule has 33 heavy (non-hydrogen) atoms. The van der Waals surface area contributed by atoms with E-state index in [1.807, 2.05) is 24.3 Å². The van der Waals surface area contributed by atoms with Gasteiger partial charge in [-0.15, -0.1) is 0 Å². The predicted octanol–water partition coefficient (Wildman–Crippen LogP) is 3.15. The van der Waals surface area contributed by atoms with Gasteiger partial charge in [0, 0.05) is 61.1 Å². The van der Waals surface area contributed by atoms with Crippen LogP contribution in [0, 0.1) is 0 Å². The lowest BCUT2D eigenvalue weighted by molar-refractivity contribution is 0.207. The molecule has 2 aliphatic heterocycles. The Morgan fingerprint density at radius 2 is 1.85 bits per heavy atom. The minimum Gasteiger partial charge on any atom is -0.373 e. The predicted molar refractivity (Wildman–Crippen MR) is 128 cm³/mol. The number of piperazine rings is 1. The van der Waals surface area contributed by atoms with Gasteiger partial charge < -0.3 is 20.1 Å². The van der Waals surface area contributed by atoms with Crippen molar-refractivity contribution in [3.63, 3.8) is 0 Å². The Bertz CT molecular complexity index is 1420.